The van der Waals surface area contributed by atoms with Gasteiger partial charge in [-0.05, 0) is 50.9 Å². The van der Waals surface area contributed by atoms with E-state index in [-0.39, 0.29) is 11.1 Å². The van der Waals surface area contributed by atoms with Crippen LogP contribution >= 0.6 is 15.9 Å². The molecule has 2 rings (SSSR count). The molecule has 132 valence electrons. The van der Waals surface area contributed by atoms with Gasteiger partial charge in [-0.2, -0.15) is 13.2 Å². The molecular formula is C16H19BBrF3O3. The summed E-state index contributed by atoms with van der Waals surface area (Å²) in [7, 11) is -0.807. The summed E-state index contributed by atoms with van der Waals surface area (Å²) in [5.74, 6) is 0. The van der Waals surface area contributed by atoms with Gasteiger partial charge in [-0.1, -0.05) is 28.1 Å². The predicted molar refractivity (Wildman–Crippen MR) is 90.3 cm³/mol. The number of benzene rings is 1. The van der Waals surface area contributed by atoms with Gasteiger partial charge in [0, 0.05) is 4.47 Å². The lowest BCUT2D eigenvalue weighted by Gasteiger charge is -2.32. The van der Waals surface area contributed by atoms with E-state index in [1.165, 1.54) is 18.2 Å². The first-order chi connectivity index (χ1) is 10.9. The molecule has 0 aromatic heterocycles. The Morgan fingerprint density at radius 2 is 1.75 bits per heavy atom. The van der Waals surface area contributed by atoms with Crippen molar-refractivity contribution in [2.75, 3.05) is 6.61 Å². The summed E-state index contributed by atoms with van der Waals surface area (Å²) in [5, 5.41) is 9.61. The number of aliphatic hydroxyl groups is 1. The Hall–Kier alpha value is -0.825. The Morgan fingerprint density at radius 3 is 2.21 bits per heavy atom. The fraction of sp³-hybridized carbons (Fsp3) is 0.500. The third-order valence-corrected chi connectivity index (χ3v) is 5.08. The van der Waals surface area contributed by atoms with Crippen LogP contribution in [-0.4, -0.2) is 30.0 Å². The molecule has 24 heavy (non-hydrogen) atoms. The van der Waals surface area contributed by atoms with Crippen molar-refractivity contribution in [3.05, 3.63) is 39.3 Å². The number of halogens is 4. The van der Waals surface area contributed by atoms with Gasteiger partial charge in [0.05, 0.1) is 23.4 Å². The zero-order valence-corrected chi connectivity index (χ0v) is 15.5. The molecule has 0 radical (unpaired) electrons. The predicted octanol–water partition coefficient (Wildman–Crippen LogP) is 4.48. The van der Waals surface area contributed by atoms with Crippen molar-refractivity contribution in [2.24, 2.45) is 0 Å². The Morgan fingerprint density at radius 1 is 1.21 bits per heavy atom. The van der Waals surface area contributed by atoms with E-state index >= 15 is 0 Å². The molecule has 0 atom stereocenters. The van der Waals surface area contributed by atoms with Crippen molar-refractivity contribution in [1.29, 1.82) is 0 Å². The third-order valence-electron chi connectivity index (χ3n) is 4.39. The van der Waals surface area contributed by atoms with Crippen molar-refractivity contribution in [1.82, 2.24) is 0 Å². The van der Waals surface area contributed by atoms with Crippen LogP contribution in [0.25, 0.3) is 6.08 Å². The summed E-state index contributed by atoms with van der Waals surface area (Å²) in [6.07, 6.45) is -3.00. The van der Waals surface area contributed by atoms with Crippen LogP contribution in [0.3, 0.4) is 0 Å². The highest BCUT2D eigenvalue weighted by atomic mass is 79.9. The lowest BCUT2D eigenvalue weighted by atomic mass is 9.77. The van der Waals surface area contributed by atoms with Gasteiger partial charge in [0.25, 0.3) is 0 Å². The summed E-state index contributed by atoms with van der Waals surface area (Å²) in [6, 6.07) is 3.87. The maximum Gasteiger partial charge on any atom is 0.492 e. The molecule has 0 bridgehead atoms. The molecule has 0 unspecified atom stereocenters. The highest BCUT2D eigenvalue weighted by Gasteiger charge is 2.52. The topological polar surface area (TPSA) is 38.7 Å². The first kappa shape index (κ1) is 19.5. The highest BCUT2D eigenvalue weighted by Crippen LogP contribution is 2.39. The van der Waals surface area contributed by atoms with Crippen LogP contribution in [0.15, 0.2) is 28.1 Å². The van der Waals surface area contributed by atoms with Crippen molar-refractivity contribution < 1.29 is 27.6 Å². The highest BCUT2D eigenvalue weighted by molar-refractivity contribution is 9.10. The van der Waals surface area contributed by atoms with Crippen LogP contribution in [0.1, 0.15) is 38.8 Å². The number of hydrogen-bond acceptors (Lipinski definition) is 3. The van der Waals surface area contributed by atoms with E-state index in [0.717, 1.165) is 6.07 Å². The standard InChI is InChI=1S/C16H19BBrF3O3/c1-14(2)15(3,4)24-17(23-14)11(9-22)7-10-5-6-13(18)12(8-10)16(19,20)21/h5-8,22H,9H2,1-4H3. The second-order valence-electron chi connectivity index (χ2n) is 6.70. The molecule has 1 saturated heterocycles. The molecule has 1 aliphatic heterocycles. The quantitative estimate of drug-likeness (QED) is 0.752. The SMILES string of the molecule is CC1(C)OB(C(=Cc2ccc(Br)c(C(F)(F)F)c2)CO)OC1(C)C. The fourth-order valence-electron chi connectivity index (χ4n) is 2.25. The summed E-state index contributed by atoms with van der Waals surface area (Å²) in [4.78, 5) is 0. The Labute approximate surface area is 148 Å². The van der Waals surface area contributed by atoms with Crippen molar-refractivity contribution in [2.45, 2.75) is 45.1 Å². The number of hydrogen-bond donors (Lipinski definition) is 1. The third kappa shape index (κ3) is 3.87. The van der Waals surface area contributed by atoms with E-state index < -0.39 is 30.1 Å². The average molecular weight is 407 g/mol. The molecule has 1 aliphatic rings. The van der Waals surface area contributed by atoms with E-state index in [0.29, 0.717) is 11.0 Å². The van der Waals surface area contributed by atoms with Crippen LogP contribution in [0.2, 0.25) is 0 Å². The molecular weight excluding hydrogens is 388 g/mol. The smallest absolute Gasteiger partial charge is 0.400 e. The van der Waals surface area contributed by atoms with Crippen LogP contribution in [0.4, 0.5) is 13.2 Å². The van der Waals surface area contributed by atoms with Crippen LogP contribution in [-0.2, 0) is 15.5 Å². The van der Waals surface area contributed by atoms with E-state index in [1.807, 2.05) is 27.7 Å². The maximum atomic E-state index is 13.0. The molecule has 1 N–H and O–H groups in total. The minimum absolute atomic E-state index is 0.0340. The Bertz CT molecular complexity index is 640. The average Bonchev–Trinajstić information content (AvgIpc) is 2.65. The van der Waals surface area contributed by atoms with E-state index in [9.17, 15) is 18.3 Å². The zero-order chi connectivity index (χ0) is 18.3. The molecule has 1 fully saturated rings. The van der Waals surface area contributed by atoms with Gasteiger partial charge in [-0.15, -0.1) is 0 Å². The van der Waals surface area contributed by atoms with Gasteiger partial charge in [0.1, 0.15) is 0 Å². The fourth-order valence-corrected chi connectivity index (χ4v) is 2.72. The van der Waals surface area contributed by atoms with Crippen molar-refractivity contribution in [3.8, 4) is 0 Å². The largest absolute Gasteiger partial charge is 0.492 e. The van der Waals surface area contributed by atoms with E-state index in [2.05, 4.69) is 15.9 Å². The van der Waals surface area contributed by atoms with Crippen molar-refractivity contribution in [3.63, 3.8) is 0 Å². The maximum absolute atomic E-state index is 13.0. The minimum Gasteiger partial charge on any atom is -0.400 e. The molecule has 1 heterocycles. The summed E-state index contributed by atoms with van der Waals surface area (Å²) in [6.45, 7) is 7.08. The Balaban J connectivity index is 2.36. The van der Waals surface area contributed by atoms with Gasteiger partial charge in [0.15, 0.2) is 0 Å². The van der Waals surface area contributed by atoms with Gasteiger partial charge in [-0.3, -0.25) is 0 Å². The van der Waals surface area contributed by atoms with Crippen LogP contribution in [0, 0.1) is 0 Å². The van der Waals surface area contributed by atoms with Crippen LogP contribution in [0.5, 0.6) is 0 Å². The molecule has 8 heteroatoms. The van der Waals surface area contributed by atoms with E-state index in [4.69, 9.17) is 9.31 Å². The summed E-state index contributed by atoms with van der Waals surface area (Å²) < 4.78 is 50.6. The molecule has 3 nitrogen and oxygen atoms in total. The molecule has 0 aliphatic carbocycles. The lowest BCUT2D eigenvalue weighted by molar-refractivity contribution is -0.138. The molecule has 0 saturated carbocycles. The first-order valence-corrected chi connectivity index (χ1v) is 8.20. The normalized spacial score (nSPS) is 20.5. The van der Waals surface area contributed by atoms with Gasteiger partial charge in [-0.25, -0.2) is 0 Å². The second kappa shape index (κ2) is 6.48. The van der Waals surface area contributed by atoms with Gasteiger partial charge < -0.3 is 14.4 Å². The first-order valence-electron chi connectivity index (χ1n) is 7.41. The van der Waals surface area contributed by atoms with Crippen LogP contribution < -0.4 is 0 Å². The minimum atomic E-state index is -4.47. The number of aliphatic hydroxyl groups excluding tert-OH is 1. The molecule has 0 spiro atoms. The van der Waals surface area contributed by atoms with Gasteiger partial charge >= 0.3 is 13.3 Å². The molecule has 1 aromatic rings. The zero-order valence-electron chi connectivity index (χ0n) is 13.9. The Kier molecular flexibility index (Phi) is 5.26. The molecule has 1 aromatic carbocycles. The summed E-state index contributed by atoms with van der Waals surface area (Å²) in [5.41, 5.74) is -1.29. The van der Waals surface area contributed by atoms with Crippen molar-refractivity contribution >= 4 is 29.1 Å². The number of alkyl halides is 3. The molecule has 0 amide bonds. The number of rotatable bonds is 3. The van der Waals surface area contributed by atoms with E-state index in [1.54, 1.807) is 0 Å². The lowest BCUT2D eigenvalue weighted by Crippen LogP contribution is -2.41. The monoisotopic (exact) mass is 406 g/mol. The second-order valence-corrected chi connectivity index (χ2v) is 7.56. The van der Waals surface area contributed by atoms with Gasteiger partial charge in [0.2, 0.25) is 0 Å². The summed E-state index contributed by atoms with van der Waals surface area (Å²) >= 11 is 2.91.